The molecule has 11 heteroatoms. The van der Waals surface area contributed by atoms with Crippen LogP contribution in [0.4, 0.5) is 5.13 Å². The van der Waals surface area contributed by atoms with Crippen molar-refractivity contribution in [3.8, 4) is 11.5 Å². The molecule has 2 amide bonds. The Balaban J connectivity index is 2.05. The number of carbonyl (C=O) groups excluding carboxylic acids is 2. The van der Waals surface area contributed by atoms with E-state index in [4.69, 9.17) is 27.4 Å². The Bertz CT molecular complexity index is 886. The fraction of sp³-hybridized carbons (Fsp3) is 0.294. The second-order valence-electron chi connectivity index (χ2n) is 5.66. The number of thiazole rings is 1. The SMILES string of the molecule is COc1ccc(C(=O)Nc2nc(C(=O)NC(C)N(C)C(N)=S)cs2)cc1OC. The van der Waals surface area contributed by atoms with E-state index in [-0.39, 0.29) is 16.7 Å². The van der Waals surface area contributed by atoms with Gasteiger partial charge in [-0.15, -0.1) is 11.3 Å². The van der Waals surface area contributed by atoms with Gasteiger partial charge in [-0.25, -0.2) is 4.98 Å². The van der Waals surface area contributed by atoms with E-state index in [1.807, 2.05) is 0 Å². The number of anilines is 1. The van der Waals surface area contributed by atoms with Crippen molar-refractivity contribution in [2.75, 3.05) is 26.6 Å². The van der Waals surface area contributed by atoms with E-state index in [1.54, 1.807) is 42.5 Å². The molecule has 1 unspecified atom stereocenters. The van der Waals surface area contributed by atoms with Gasteiger partial charge in [0.15, 0.2) is 21.7 Å². The molecule has 2 rings (SSSR count). The summed E-state index contributed by atoms with van der Waals surface area (Å²) in [6.45, 7) is 1.74. The van der Waals surface area contributed by atoms with Gasteiger partial charge in [-0.3, -0.25) is 14.9 Å². The Hall–Kier alpha value is -2.92. The fourth-order valence-corrected chi connectivity index (χ4v) is 2.98. The number of nitrogens with two attached hydrogens (primary N) is 1. The molecule has 0 fully saturated rings. The second kappa shape index (κ2) is 9.33. The fourth-order valence-electron chi connectivity index (χ4n) is 2.13. The van der Waals surface area contributed by atoms with Crippen LogP contribution in [0.15, 0.2) is 23.6 Å². The van der Waals surface area contributed by atoms with Gasteiger partial charge in [-0.2, -0.15) is 0 Å². The number of amides is 2. The van der Waals surface area contributed by atoms with E-state index in [0.717, 1.165) is 11.3 Å². The lowest BCUT2D eigenvalue weighted by molar-refractivity contribution is 0.0909. The standard InChI is InChI=1S/C17H21N5O4S2/c1-9(22(2)16(18)27)19-15(24)11-8-28-17(20-11)21-14(23)10-5-6-12(25-3)13(7-10)26-4/h5-9H,1-4H3,(H2,18,27)(H,19,24)(H,20,21,23). The van der Waals surface area contributed by atoms with Crippen molar-refractivity contribution in [3.63, 3.8) is 0 Å². The van der Waals surface area contributed by atoms with Gasteiger partial charge in [-0.05, 0) is 37.3 Å². The van der Waals surface area contributed by atoms with Crippen LogP contribution in [0.2, 0.25) is 0 Å². The number of hydrogen-bond donors (Lipinski definition) is 3. The number of hydrogen-bond acceptors (Lipinski definition) is 7. The van der Waals surface area contributed by atoms with Crippen molar-refractivity contribution in [3.05, 3.63) is 34.8 Å². The number of thiocarbonyl (C=S) groups is 1. The number of methoxy groups -OCH3 is 2. The van der Waals surface area contributed by atoms with Crippen LogP contribution in [-0.2, 0) is 0 Å². The third-order valence-corrected chi connectivity index (χ3v) is 4.92. The first-order valence-corrected chi connectivity index (χ1v) is 9.37. The molecule has 4 N–H and O–H groups in total. The predicted octanol–water partition coefficient (Wildman–Crippen LogP) is 1.66. The number of rotatable bonds is 7. The van der Waals surface area contributed by atoms with Crippen LogP contribution in [0.5, 0.6) is 11.5 Å². The molecule has 2 aromatic rings. The minimum Gasteiger partial charge on any atom is -0.493 e. The Morgan fingerprint density at radius 3 is 2.54 bits per heavy atom. The van der Waals surface area contributed by atoms with Gasteiger partial charge in [0, 0.05) is 18.0 Å². The Morgan fingerprint density at radius 1 is 1.25 bits per heavy atom. The van der Waals surface area contributed by atoms with Crippen molar-refractivity contribution < 1.29 is 19.1 Å². The quantitative estimate of drug-likeness (QED) is 0.454. The third kappa shape index (κ3) is 5.08. The molecule has 1 aromatic heterocycles. The highest BCUT2D eigenvalue weighted by Gasteiger charge is 2.18. The molecule has 0 spiro atoms. The van der Waals surface area contributed by atoms with Crippen molar-refractivity contribution in [1.82, 2.24) is 15.2 Å². The maximum atomic E-state index is 12.4. The molecular weight excluding hydrogens is 402 g/mol. The summed E-state index contributed by atoms with van der Waals surface area (Å²) in [7, 11) is 4.67. The van der Waals surface area contributed by atoms with Crippen LogP contribution in [0.25, 0.3) is 0 Å². The second-order valence-corrected chi connectivity index (χ2v) is 6.94. The number of nitrogens with zero attached hydrogens (tertiary/aromatic N) is 2. The Morgan fingerprint density at radius 2 is 1.93 bits per heavy atom. The van der Waals surface area contributed by atoms with Crippen molar-refractivity contribution in [1.29, 1.82) is 0 Å². The molecule has 0 aliphatic rings. The van der Waals surface area contributed by atoms with Crippen LogP contribution < -0.4 is 25.8 Å². The van der Waals surface area contributed by atoms with Crippen molar-refractivity contribution in [2.24, 2.45) is 5.73 Å². The minimum absolute atomic E-state index is 0.161. The summed E-state index contributed by atoms with van der Waals surface area (Å²) < 4.78 is 10.3. The van der Waals surface area contributed by atoms with E-state index < -0.39 is 12.1 Å². The lowest BCUT2D eigenvalue weighted by Gasteiger charge is -2.25. The lowest BCUT2D eigenvalue weighted by Crippen LogP contribution is -2.48. The van der Waals surface area contributed by atoms with Crippen molar-refractivity contribution >= 4 is 45.6 Å². The average molecular weight is 424 g/mol. The van der Waals surface area contributed by atoms with Crippen molar-refractivity contribution in [2.45, 2.75) is 13.1 Å². The number of carbonyl (C=O) groups is 2. The highest BCUT2D eigenvalue weighted by Crippen LogP contribution is 2.28. The zero-order valence-corrected chi connectivity index (χ0v) is 17.4. The molecule has 0 saturated carbocycles. The smallest absolute Gasteiger partial charge is 0.272 e. The molecule has 1 atom stereocenters. The summed E-state index contributed by atoms with van der Waals surface area (Å²) >= 11 is 6.01. The predicted molar refractivity (Wildman–Crippen MR) is 111 cm³/mol. The maximum Gasteiger partial charge on any atom is 0.272 e. The zero-order valence-electron chi connectivity index (χ0n) is 15.8. The largest absolute Gasteiger partial charge is 0.493 e. The van der Waals surface area contributed by atoms with Gasteiger partial charge in [-0.1, -0.05) is 0 Å². The van der Waals surface area contributed by atoms with Gasteiger partial charge in [0.2, 0.25) is 0 Å². The van der Waals surface area contributed by atoms with Gasteiger partial charge < -0.3 is 25.4 Å². The molecule has 9 nitrogen and oxygen atoms in total. The van der Waals surface area contributed by atoms with E-state index in [2.05, 4.69) is 15.6 Å². The molecule has 1 aromatic carbocycles. The Kier molecular flexibility index (Phi) is 7.12. The van der Waals surface area contributed by atoms with Gasteiger partial charge in [0.25, 0.3) is 11.8 Å². The summed E-state index contributed by atoms with van der Waals surface area (Å²) in [5.74, 6) is 0.163. The molecule has 0 radical (unpaired) electrons. The summed E-state index contributed by atoms with van der Waals surface area (Å²) in [4.78, 5) is 30.4. The highest BCUT2D eigenvalue weighted by atomic mass is 32.1. The van der Waals surface area contributed by atoms with E-state index in [1.165, 1.54) is 14.2 Å². The zero-order chi connectivity index (χ0) is 20.8. The molecule has 150 valence electrons. The maximum absolute atomic E-state index is 12.4. The normalized spacial score (nSPS) is 11.3. The van der Waals surface area contributed by atoms with E-state index >= 15 is 0 Å². The molecule has 0 bridgehead atoms. The number of aromatic nitrogens is 1. The van der Waals surface area contributed by atoms with Crippen LogP contribution in [0, 0.1) is 0 Å². The number of benzene rings is 1. The minimum atomic E-state index is -0.406. The summed E-state index contributed by atoms with van der Waals surface area (Å²) in [6.07, 6.45) is -0.406. The first-order chi connectivity index (χ1) is 13.3. The summed E-state index contributed by atoms with van der Waals surface area (Å²) in [6, 6.07) is 4.79. The molecule has 0 aliphatic heterocycles. The van der Waals surface area contributed by atoms with Crippen LogP contribution in [0.1, 0.15) is 27.8 Å². The lowest BCUT2D eigenvalue weighted by atomic mass is 10.2. The monoisotopic (exact) mass is 423 g/mol. The molecule has 1 heterocycles. The summed E-state index contributed by atoms with van der Waals surface area (Å²) in [5, 5.41) is 7.38. The van der Waals surface area contributed by atoms with Gasteiger partial charge >= 0.3 is 0 Å². The molecular formula is C17H21N5O4S2. The molecule has 28 heavy (non-hydrogen) atoms. The number of ether oxygens (including phenoxy) is 2. The highest BCUT2D eigenvalue weighted by molar-refractivity contribution is 7.80. The van der Waals surface area contributed by atoms with E-state index in [9.17, 15) is 9.59 Å². The summed E-state index contributed by atoms with van der Waals surface area (Å²) in [5.41, 5.74) is 6.08. The molecule has 0 aliphatic carbocycles. The van der Waals surface area contributed by atoms with Crippen LogP contribution in [-0.4, -0.2) is 54.2 Å². The third-order valence-electron chi connectivity index (χ3n) is 3.87. The average Bonchev–Trinajstić information content (AvgIpc) is 3.15. The van der Waals surface area contributed by atoms with Crippen LogP contribution >= 0.6 is 23.6 Å². The first kappa shape index (κ1) is 21.4. The number of nitrogens with one attached hydrogen (secondary N) is 2. The molecule has 0 saturated heterocycles. The topological polar surface area (TPSA) is 119 Å². The Labute approximate surface area is 171 Å². The van der Waals surface area contributed by atoms with Crippen LogP contribution in [0.3, 0.4) is 0 Å². The van der Waals surface area contributed by atoms with Gasteiger partial charge in [0.05, 0.1) is 14.2 Å². The van der Waals surface area contributed by atoms with Gasteiger partial charge in [0.1, 0.15) is 11.9 Å². The first-order valence-electron chi connectivity index (χ1n) is 8.08. The van der Waals surface area contributed by atoms with E-state index in [0.29, 0.717) is 22.2 Å².